The SMILES string of the molecule is c1ncc(C2CSCCN2)cn1. The molecule has 0 bridgehead atoms. The van der Waals surface area contributed by atoms with Crippen molar-refractivity contribution in [3.63, 3.8) is 0 Å². The Morgan fingerprint density at radius 3 is 2.92 bits per heavy atom. The van der Waals surface area contributed by atoms with Gasteiger partial charge in [0.1, 0.15) is 6.33 Å². The van der Waals surface area contributed by atoms with E-state index in [1.54, 1.807) is 6.33 Å². The molecule has 2 rings (SSSR count). The summed E-state index contributed by atoms with van der Waals surface area (Å²) >= 11 is 1.98. The summed E-state index contributed by atoms with van der Waals surface area (Å²) in [5.74, 6) is 2.34. The second kappa shape index (κ2) is 3.87. The van der Waals surface area contributed by atoms with Crippen LogP contribution in [0.15, 0.2) is 18.7 Å². The lowest BCUT2D eigenvalue weighted by atomic mass is 10.2. The quantitative estimate of drug-likeness (QED) is 0.697. The molecule has 0 spiro atoms. The van der Waals surface area contributed by atoms with Crippen molar-refractivity contribution < 1.29 is 0 Å². The summed E-state index contributed by atoms with van der Waals surface area (Å²) in [6.45, 7) is 1.09. The Labute approximate surface area is 76.0 Å². The summed E-state index contributed by atoms with van der Waals surface area (Å²) in [7, 11) is 0. The zero-order valence-electron chi connectivity index (χ0n) is 6.73. The average Bonchev–Trinajstić information content (AvgIpc) is 2.21. The molecule has 1 aliphatic heterocycles. The van der Waals surface area contributed by atoms with E-state index >= 15 is 0 Å². The molecule has 3 nitrogen and oxygen atoms in total. The van der Waals surface area contributed by atoms with Crippen LogP contribution in [0.5, 0.6) is 0 Å². The summed E-state index contributed by atoms with van der Waals surface area (Å²) in [5, 5.41) is 3.43. The smallest absolute Gasteiger partial charge is 0.115 e. The number of nitrogens with zero attached hydrogens (tertiary/aromatic N) is 2. The minimum absolute atomic E-state index is 0.449. The van der Waals surface area contributed by atoms with Gasteiger partial charge in [-0.15, -0.1) is 0 Å². The van der Waals surface area contributed by atoms with E-state index in [4.69, 9.17) is 0 Å². The Kier molecular flexibility index (Phi) is 2.58. The Bertz CT molecular complexity index is 233. The second-order valence-electron chi connectivity index (χ2n) is 2.75. The maximum absolute atomic E-state index is 4.00. The first-order valence-corrected chi connectivity index (χ1v) is 5.18. The lowest BCUT2D eigenvalue weighted by Gasteiger charge is -2.22. The van der Waals surface area contributed by atoms with Gasteiger partial charge in [-0.1, -0.05) is 0 Å². The van der Waals surface area contributed by atoms with Gasteiger partial charge in [-0.25, -0.2) is 9.97 Å². The lowest BCUT2D eigenvalue weighted by Crippen LogP contribution is -2.30. The van der Waals surface area contributed by atoms with Crippen molar-refractivity contribution >= 4 is 11.8 Å². The van der Waals surface area contributed by atoms with Crippen LogP contribution < -0.4 is 5.32 Å². The van der Waals surface area contributed by atoms with Crippen LogP contribution in [0.25, 0.3) is 0 Å². The summed E-state index contributed by atoms with van der Waals surface area (Å²) in [4.78, 5) is 8.00. The van der Waals surface area contributed by atoms with Crippen molar-refractivity contribution in [1.82, 2.24) is 15.3 Å². The molecule has 1 saturated heterocycles. The monoisotopic (exact) mass is 181 g/mol. The molecule has 0 aliphatic carbocycles. The molecule has 0 aromatic carbocycles. The number of hydrogen-bond donors (Lipinski definition) is 1. The fourth-order valence-corrected chi connectivity index (χ4v) is 2.24. The van der Waals surface area contributed by atoms with E-state index in [9.17, 15) is 0 Å². The van der Waals surface area contributed by atoms with E-state index in [1.807, 2.05) is 24.2 Å². The second-order valence-corrected chi connectivity index (χ2v) is 3.90. The van der Waals surface area contributed by atoms with Gasteiger partial charge in [-0.2, -0.15) is 11.8 Å². The van der Waals surface area contributed by atoms with Crippen LogP contribution in [-0.2, 0) is 0 Å². The van der Waals surface area contributed by atoms with Crippen molar-refractivity contribution in [3.05, 3.63) is 24.3 Å². The summed E-state index contributed by atoms with van der Waals surface area (Å²) < 4.78 is 0. The number of thioether (sulfide) groups is 1. The van der Waals surface area contributed by atoms with Crippen molar-refractivity contribution in [2.45, 2.75) is 6.04 Å². The number of aromatic nitrogens is 2. The van der Waals surface area contributed by atoms with E-state index in [0.29, 0.717) is 6.04 Å². The Balaban J connectivity index is 2.08. The van der Waals surface area contributed by atoms with Gasteiger partial charge in [0, 0.05) is 42.0 Å². The Morgan fingerprint density at radius 1 is 1.42 bits per heavy atom. The molecule has 0 saturated carbocycles. The molecule has 1 fully saturated rings. The van der Waals surface area contributed by atoms with Crippen LogP contribution in [-0.4, -0.2) is 28.0 Å². The fourth-order valence-electron chi connectivity index (χ4n) is 1.27. The maximum Gasteiger partial charge on any atom is 0.115 e. The van der Waals surface area contributed by atoms with Crippen LogP contribution in [0.4, 0.5) is 0 Å². The fraction of sp³-hybridized carbons (Fsp3) is 0.500. The molecule has 1 atom stereocenters. The molecule has 64 valence electrons. The normalized spacial score (nSPS) is 23.8. The first-order valence-electron chi connectivity index (χ1n) is 4.03. The van der Waals surface area contributed by atoms with Crippen LogP contribution in [0.2, 0.25) is 0 Å². The van der Waals surface area contributed by atoms with Crippen LogP contribution in [0.3, 0.4) is 0 Å². The predicted octanol–water partition coefficient (Wildman–Crippen LogP) is 0.854. The molecule has 0 radical (unpaired) electrons. The summed E-state index contributed by atoms with van der Waals surface area (Å²) in [6.07, 6.45) is 5.34. The van der Waals surface area contributed by atoms with Crippen LogP contribution in [0.1, 0.15) is 11.6 Å². The average molecular weight is 181 g/mol. The Hall–Kier alpha value is -0.610. The van der Waals surface area contributed by atoms with Gasteiger partial charge >= 0.3 is 0 Å². The maximum atomic E-state index is 4.00. The Morgan fingerprint density at radius 2 is 2.25 bits per heavy atom. The molecule has 1 aromatic heterocycles. The number of hydrogen-bond acceptors (Lipinski definition) is 4. The number of nitrogens with one attached hydrogen (secondary N) is 1. The van der Waals surface area contributed by atoms with E-state index < -0.39 is 0 Å². The highest BCUT2D eigenvalue weighted by molar-refractivity contribution is 7.99. The standard InChI is InChI=1S/C8H11N3S/c1-2-12-5-8(11-1)7-3-9-6-10-4-7/h3-4,6,8,11H,1-2,5H2. The van der Waals surface area contributed by atoms with E-state index in [0.717, 1.165) is 12.3 Å². The van der Waals surface area contributed by atoms with Gasteiger partial charge in [0.15, 0.2) is 0 Å². The zero-order chi connectivity index (χ0) is 8.23. The summed E-state index contributed by atoms with van der Waals surface area (Å²) in [6, 6.07) is 0.449. The molecule has 1 aliphatic rings. The molecule has 1 aromatic rings. The molecule has 1 N–H and O–H groups in total. The topological polar surface area (TPSA) is 37.8 Å². The van der Waals surface area contributed by atoms with E-state index in [-0.39, 0.29) is 0 Å². The zero-order valence-corrected chi connectivity index (χ0v) is 7.55. The highest BCUT2D eigenvalue weighted by Gasteiger charge is 2.14. The van der Waals surface area contributed by atoms with Crippen LogP contribution >= 0.6 is 11.8 Å². The minimum Gasteiger partial charge on any atom is -0.308 e. The first kappa shape index (κ1) is 8.01. The van der Waals surface area contributed by atoms with Crippen molar-refractivity contribution in [2.24, 2.45) is 0 Å². The van der Waals surface area contributed by atoms with E-state index in [2.05, 4.69) is 15.3 Å². The van der Waals surface area contributed by atoms with Gasteiger partial charge in [-0.05, 0) is 0 Å². The van der Waals surface area contributed by atoms with Gasteiger partial charge < -0.3 is 5.32 Å². The first-order chi connectivity index (χ1) is 5.97. The third-order valence-corrected chi connectivity index (χ3v) is 2.97. The van der Waals surface area contributed by atoms with E-state index in [1.165, 1.54) is 11.3 Å². The molecule has 4 heteroatoms. The van der Waals surface area contributed by atoms with Gasteiger partial charge in [0.25, 0.3) is 0 Å². The van der Waals surface area contributed by atoms with Crippen molar-refractivity contribution in [3.8, 4) is 0 Å². The lowest BCUT2D eigenvalue weighted by molar-refractivity contribution is 0.591. The molecule has 1 unspecified atom stereocenters. The van der Waals surface area contributed by atoms with Crippen molar-refractivity contribution in [1.29, 1.82) is 0 Å². The highest BCUT2D eigenvalue weighted by atomic mass is 32.2. The third kappa shape index (κ3) is 1.76. The highest BCUT2D eigenvalue weighted by Crippen LogP contribution is 2.19. The largest absolute Gasteiger partial charge is 0.308 e. The molecule has 0 amide bonds. The molecule has 2 heterocycles. The van der Waals surface area contributed by atoms with Crippen LogP contribution in [0, 0.1) is 0 Å². The minimum atomic E-state index is 0.449. The number of rotatable bonds is 1. The molecular formula is C8H11N3S. The molecular weight excluding hydrogens is 170 g/mol. The van der Waals surface area contributed by atoms with Gasteiger partial charge in [0.05, 0.1) is 0 Å². The van der Waals surface area contributed by atoms with Crippen molar-refractivity contribution in [2.75, 3.05) is 18.1 Å². The van der Waals surface area contributed by atoms with Gasteiger partial charge in [-0.3, -0.25) is 0 Å². The van der Waals surface area contributed by atoms with Gasteiger partial charge in [0.2, 0.25) is 0 Å². The summed E-state index contributed by atoms with van der Waals surface area (Å²) in [5.41, 5.74) is 1.20. The third-order valence-electron chi connectivity index (χ3n) is 1.90. The predicted molar refractivity (Wildman–Crippen MR) is 50.1 cm³/mol. The molecule has 12 heavy (non-hydrogen) atoms.